The smallest absolute Gasteiger partial charge is 0.176 e. The Morgan fingerprint density at radius 1 is 1.15 bits per heavy atom. The topological polar surface area (TPSA) is 30.2 Å². The lowest BCUT2D eigenvalue weighted by Gasteiger charge is -2.00. The number of carbonyl (C=O) groups excluding carboxylic acids is 1. The molecule has 3 aromatic rings. The van der Waals surface area contributed by atoms with Crippen molar-refractivity contribution in [3.8, 4) is 0 Å². The number of hydrogen-bond donors (Lipinski definition) is 0. The van der Waals surface area contributed by atoms with E-state index in [0.29, 0.717) is 11.1 Å². The molecule has 0 radical (unpaired) electrons. The van der Waals surface area contributed by atoms with Gasteiger partial charge in [0, 0.05) is 10.3 Å². The van der Waals surface area contributed by atoms with Crippen molar-refractivity contribution in [3.05, 3.63) is 66.2 Å². The van der Waals surface area contributed by atoms with E-state index in [1.54, 1.807) is 12.1 Å². The molecule has 0 aliphatic heterocycles. The maximum atomic E-state index is 13.1. The normalized spacial score (nSPS) is 10.8. The fourth-order valence-electron chi connectivity index (χ4n) is 1.98. The maximum absolute atomic E-state index is 13.1. The first-order chi connectivity index (χ1) is 9.74. The molecule has 0 unspecified atom stereocenters. The number of ketones is 1. The standard InChI is InChI=1S/C16H11FO2S/c17-11-4-3-5-12(8-11)20-10-15(18)14-9-19-16-7-2-1-6-13(14)16/h1-9H,10H2. The predicted molar refractivity (Wildman–Crippen MR) is 77.7 cm³/mol. The van der Waals surface area contributed by atoms with E-state index in [2.05, 4.69) is 0 Å². The third-order valence-electron chi connectivity index (χ3n) is 2.95. The fraction of sp³-hybridized carbons (Fsp3) is 0.0625. The minimum atomic E-state index is -0.295. The van der Waals surface area contributed by atoms with E-state index in [1.807, 2.05) is 24.3 Å². The average molecular weight is 286 g/mol. The summed E-state index contributed by atoms with van der Waals surface area (Å²) in [5, 5.41) is 0.817. The van der Waals surface area contributed by atoms with E-state index in [0.717, 1.165) is 10.3 Å². The van der Waals surface area contributed by atoms with Gasteiger partial charge in [0.15, 0.2) is 5.78 Å². The van der Waals surface area contributed by atoms with Gasteiger partial charge in [0.25, 0.3) is 0 Å². The second kappa shape index (κ2) is 5.51. The van der Waals surface area contributed by atoms with Crippen molar-refractivity contribution >= 4 is 28.5 Å². The molecule has 3 rings (SSSR count). The summed E-state index contributed by atoms with van der Waals surface area (Å²) in [5.41, 5.74) is 1.27. The van der Waals surface area contributed by atoms with Gasteiger partial charge in [0.1, 0.15) is 17.7 Å². The molecule has 0 bridgehead atoms. The number of fused-ring (bicyclic) bond motifs is 1. The Morgan fingerprint density at radius 2 is 2.00 bits per heavy atom. The van der Waals surface area contributed by atoms with Gasteiger partial charge in [-0.2, -0.15) is 0 Å². The van der Waals surface area contributed by atoms with Crippen molar-refractivity contribution in [3.63, 3.8) is 0 Å². The summed E-state index contributed by atoms with van der Waals surface area (Å²) in [6.07, 6.45) is 1.49. The highest BCUT2D eigenvalue weighted by molar-refractivity contribution is 8.00. The molecule has 0 amide bonds. The molecule has 0 atom stereocenters. The second-order valence-corrected chi connectivity index (χ2v) is 5.36. The van der Waals surface area contributed by atoms with E-state index < -0.39 is 0 Å². The van der Waals surface area contributed by atoms with Crippen molar-refractivity contribution in [1.29, 1.82) is 0 Å². The van der Waals surface area contributed by atoms with E-state index in [4.69, 9.17) is 4.42 Å². The third-order valence-corrected chi connectivity index (χ3v) is 3.94. The quantitative estimate of drug-likeness (QED) is 0.521. The van der Waals surface area contributed by atoms with Crippen molar-refractivity contribution in [2.24, 2.45) is 0 Å². The van der Waals surface area contributed by atoms with Crippen LogP contribution in [0.15, 0.2) is 64.1 Å². The number of benzene rings is 2. The number of para-hydroxylation sites is 1. The van der Waals surface area contributed by atoms with Crippen molar-refractivity contribution in [2.45, 2.75) is 4.90 Å². The summed E-state index contributed by atoms with van der Waals surface area (Å²) in [5.74, 6) is -0.0621. The maximum Gasteiger partial charge on any atom is 0.176 e. The summed E-state index contributed by atoms with van der Waals surface area (Å²) < 4.78 is 18.4. The Labute approximate surface area is 119 Å². The van der Waals surface area contributed by atoms with Crippen molar-refractivity contribution < 1.29 is 13.6 Å². The fourth-order valence-corrected chi connectivity index (χ4v) is 2.80. The van der Waals surface area contributed by atoms with Crippen LogP contribution in [0.4, 0.5) is 4.39 Å². The van der Waals surface area contributed by atoms with Gasteiger partial charge in [0.05, 0.1) is 11.3 Å². The average Bonchev–Trinajstić information content (AvgIpc) is 2.89. The zero-order valence-electron chi connectivity index (χ0n) is 10.5. The summed E-state index contributed by atoms with van der Waals surface area (Å²) in [6.45, 7) is 0. The van der Waals surface area contributed by atoms with Gasteiger partial charge in [0.2, 0.25) is 0 Å². The Morgan fingerprint density at radius 3 is 2.85 bits per heavy atom. The Balaban J connectivity index is 1.76. The van der Waals surface area contributed by atoms with E-state index in [1.165, 1.54) is 30.2 Å². The Hall–Kier alpha value is -2.07. The first-order valence-electron chi connectivity index (χ1n) is 6.12. The molecule has 0 aliphatic carbocycles. The lowest BCUT2D eigenvalue weighted by molar-refractivity contribution is 0.102. The highest BCUT2D eigenvalue weighted by atomic mass is 32.2. The van der Waals surface area contributed by atoms with Crippen LogP contribution in [0.1, 0.15) is 10.4 Å². The van der Waals surface area contributed by atoms with Crippen LogP contribution in [0.25, 0.3) is 11.0 Å². The van der Waals surface area contributed by atoms with Crippen LogP contribution < -0.4 is 0 Å². The van der Waals surface area contributed by atoms with Crippen LogP contribution in [-0.2, 0) is 0 Å². The van der Waals surface area contributed by atoms with Crippen LogP contribution in [-0.4, -0.2) is 11.5 Å². The summed E-state index contributed by atoms with van der Waals surface area (Å²) >= 11 is 1.32. The van der Waals surface area contributed by atoms with E-state index in [9.17, 15) is 9.18 Å². The number of carbonyl (C=O) groups is 1. The molecular weight excluding hydrogens is 275 g/mol. The van der Waals surface area contributed by atoms with Crippen LogP contribution in [0.3, 0.4) is 0 Å². The van der Waals surface area contributed by atoms with Gasteiger partial charge in [-0.15, -0.1) is 11.8 Å². The first-order valence-corrected chi connectivity index (χ1v) is 7.10. The number of rotatable bonds is 4. The first kappa shape index (κ1) is 12.9. The monoisotopic (exact) mass is 286 g/mol. The number of furan rings is 1. The van der Waals surface area contributed by atoms with Crippen LogP contribution >= 0.6 is 11.8 Å². The molecule has 0 saturated heterocycles. The van der Waals surface area contributed by atoms with Crippen LogP contribution in [0.2, 0.25) is 0 Å². The number of Topliss-reactive ketones (excluding diaryl/α,β-unsaturated/α-hetero) is 1. The van der Waals surface area contributed by atoms with Crippen LogP contribution in [0, 0.1) is 5.82 Å². The van der Waals surface area contributed by atoms with Gasteiger partial charge in [-0.3, -0.25) is 4.79 Å². The molecule has 1 aromatic heterocycles. The summed E-state index contributed by atoms with van der Waals surface area (Å²) in [7, 11) is 0. The molecule has 100 valence electrons. The lowest BCUT2D eigenvalue weighted by Crippen LogP contribution is -2.01. The van der Waals surface area contributed by atoms with Gasteiger partial charge >= 0.3 is 0 Å². The Kier molecular flexibility index (Phi) is 3.56. The second-order valence-electron chi connectivity index (χ2n) is 4.31. The minimum absolute atomic E-state index is 0.0239. The number of halogens is 1. The minimum Gasteiger partial charge on any atom is -0.464 e. The van der Waals surface area contributed by atoms with Gasteiger partial charge in [-0.25, -0.2) is 4.39 Å². The van der Waals surface area contributed by atoms with Gasteiger partial charge in [-0.1, -0.05) is 24.3 Å². The molecule has 0 saturated carbocycles. The molecule has 2 aromatic carbocycles. The van der Waals surface area contributed by atoms with Crippen LogP contribution in [0.5, 0.6) is 0 Å². The van der Waals surface area contributed by atoms with Crippen molar-refractivity contribution in [1.82, 2.24) is 0 Å². The highest BCUT2D eigenvalue weighted by Crippen LogP contribution is 2.24. The SMILES string of the molecule is O=C(CSc1cccc(F)c1)c1coc2ccccc12. The Bertz CT molecular complexity index is 764. The summed E-state index contributed by atoms with van der Waals surface area (Å²) in [4.78, 5) is 12.9. The number of hydrogen-bond acceptors (Lipinski definition) is 3. The number of thioether (sulfide) groups is 1. The van der Waals surface area contributed by atoms with Gasteiger partial charge < -0.3 is 4.42 Å². The molecule has 4 heteroatoms. The summed E-state index contributed by atoms with van der Waals surface area (Å²) in [6, 6.07) is 13.6. The molecule has 0 N–H and O–H groups in total. The van der Waals surface area contributed by atoms with Crippen molar-refractivity contribution in [2.75, 3.05) is 5.75 Å². The molecule has 0 fully saturated rings. The highest BCUT2D eigenvalue weighted by Gasteiger charge is 2.13. The van der Waals surface area contributed by atoms with Gasteiger partial charge in [-0.05, 0) is 24.3 Å². The molecule has 0 spiro atoms. The zero-order chi connectivity index (χ0) is 13.9. The molecule has 0 aliphatic rings. The third kappa shape index (κ3) is 2.60. The zero-order valence-corrected chi connectivity index (χ0v) is 11.3. The lowest BCUT2D eigenvalue weighted by atomic mass is 10.1. The molecular formula is C16H11FO2S. The van der Waals surface area contributed by atoms with E-state index >= 15 is 0 Å². The molecule has 1 heterocycles. The predicted octanol–water partition coefficient (Wildman–Crippen LogP) is 4.55. The molecule has 20 heavy (non-hydrogen) atoms. The van der Waals surface area contributed by atoms with E-state index in [-0.39, 0.29) is 17.4 Å². The molecule has 2 nitrogen and oxygen atoms in total. The largest absolute Gasteiger partial charge is 0.464 e.